The van der Waals surface area contributed by atoms with Gasteiger partial charge in [-0.15, -0.1) is 11.3 Å². The van der Waals surface area contributed by atoms with E-state index in [1.54, 1.807) is 11.3 Å². The molecule has 5 nitrogen and oxygen atoms in total. The summed E-state index contributed by atoms with van der Waals surface area (Å²) < 4.78 is 5.64. The van der Waals surface area contributed by atoms with Crippen LogP contribution in [0.1, 0.15) is 24.8 Å². The van der Waals surface area contributed by atoms with Crippen LogP contribution in [-0.2, 0) is 0 Å². The highest BCUT2D eigenvalue weighted by Crippen LogP contribution is 2.34. The predicted octanol–water partition coefficient (Wildman–Crippen LogP) is 4.27. The SMILES string of the molecule is CCCNc1nc(Sc2nc(C)c(C)o2)c2ccsc2n1. The van der Waals surface area contributed by atoms with Gasteiger partial charge in [-0.25, -0.2) is 15.0 Å². The second-order valence-electron chi connectivity index (χ2n) is 4.64. The van der Waals surface area contributed by atoms with Gasteiger partial charge in [0.15, 0.2) is 0 Å². The van der Waals surface area contributed by atoms with E-state index in [0.717, 1.165) is 39.7 Å². The molecular formula is C14H16N4OS2. The average Bonchev–Trinajstić information content (AvgIpc) is 3.04. The van der Waals surface area contributed by atoms with Gasteiger partial charge in [-0.05, 0) is 43.5 Å². The lowest BCUT2D eigenvalue weighted by Crippen LogP contribution is -2.04. The third-order valence-electron chi connectivity index (χ3n) is 3.02. The van der Waals surface area contributed by atoms with Crippen LogP contribution in [0.3, 0.4) is 0 Å². The summed E-state index contributed by atoms with van der Waals surface area (Å²) in [5.41, 5.74) is 0.914. The standard InChI is InChI=1S/C14H16N4OS2/c1-4-6-15-13-17-11-10(5-7-20-11)12(18-13)21-14-16-8(2)9(3)19-14/h5,7H,4,6H2,1-3H3,(H,15,17,18). The molecule has 3 rings (SSSR count). The van der Waals surface area contributed by atoms with Gasteiger partial charge in [-0.2, -0.15) is 0 Å². The first-order valence-electron chi connectivity index (χ1n) is 6.78. The maximum Gasteiger partial charge on any atom is 0.262 e. The van der Waals surface area contributed by atoms with Crippen molar-refractivity contribution in [2.45, 2.75) is 37.4 Å². The number of anilines is 1. The Morgan fingerprint density at radius 3 is 2.86 bits per heavy atom. The Morgan fingerprint density at radius 1 is 1.29 bits per heavy atom. The number of thiophene rings is 1. The van der Waals surface area contributed by atoms with Crippen molar-refractivity contribution < 1.29 is 4.42 Å². The number of aromatic nitrogens is 3. The fourth-order valence-electron chi connectivity index (χ4n) is 1.79. The highest BCUT2D eigenvalue weighted by molar-refractivity contribution is 7.99. The molecule has 0 unspecified atom stereocenters. The Labute approximate surface area is 131 Å². The molecule has 0 aromatic carbocycles. The summed E-state index contributed by atoms with van der Waals surface area (Å²) in [4.78, 5) is 14.5. The first kappa shape index (κ1) is 14.3. The lowest BCUT2D eigenvalue weighted by atomic mass is 10.4. The summed E-state index contributed by atoms with van der Waals surface area (Å²) in [7, 11) is 0. The number of nitrogens with zero attached hydrogens (tertiary/aromatic N) is 3. The Balaban J connectivity index is 1.97. The molecule has 0 bridgehead atoms. The molecule has 0 radical (unpaired) electrons. The number of aryl methyl sites for hydroxylation is 2. The summed E-state index contributed by atoms with van der Waals surface area (Å²) in [5, 5.41) is 7.81. The van der Waals surface area contributed by atoms with Crippen LogP contribution >= 0.6 is 23.1 Å². The van der Waals surface area contributed by atoms with E-state index in [1.165, 1.54) is 11.8 Å². The van der Waals surface area contributed by atoms with Crippen LogP contribution in [0.4, 0.5) is 5.95 Å². The second-order valence-corrected chi connectivity index (χ2v) is 6.48. The minimum atomic E-state index is 0.623. The molecule has 0 amide bonds. The quantitative estimate of drug-likeness (QED) is 0.708. The number of rotatable bonds is 5. The first-order valence-corrected chi connectivity index (χ1v) is 8.48. The smallest absolute Gasteiger partial charge is 0.262 e. The topological polar surface area (TPSA) is 63.8 Å². The largest absolute Gasteiger partial charge is 0.436 e. The number of fused-ring (bicyclic) bond motifs is 1. The average molecular weight is 320 g/mol. The molecule has 0 fully saturated rings. The van der Waals surface area contributed by atoms with Crippen molar-refractivity contribution in [3.8, 4) is 0 Å². The Hall–Kier alpha value is -1.60. The van der Waals surface area contributed by atoms with Crippen molar-refractivity contribution in [2.75, 3.05) is 11.9 Å². The van der Waals surface area contributed by atoms with E-state index >= 15 is 0 Å². The fraction of sp³-hybridized carbons (Fsp3) is 0.357. The van der Waals surface area contributed by atoms with E-state index in [9.17, 15) is 0 Å². The number of hydrogen-bond donors (Lipinski definition) is 1. The molecule has 110 valence electrons. The third-order valence-corrected chi connectivity index (χ3v) is 4.68. The van der Waals surface area contributed by atoms with E-state index in [-0.39, 0.29) is 0 Å². The van der Waals surface area contributed by atoms with Gasteiger partial charge >= 0.3 is 0 Å². The molecule has 3 aromatic heterocycles. The highest BCUT2D eigenvalue weighted by Gasteiger charge is 2.14. The van der Waals surface area contributed by atoms with Crippen molar-refractivity contribution in [3.05, 3.63) is 22.9 Å². The van der Waals surface area contributed by atoms with Gasteiger partial charge in [0, 0.05) is 11.9 Å². The third kappa shape index (κ3) is 3.03. The monoisotopic (exact) mass is 320 g/mol. The Morgan fingerprint density at radius 2 is 2.14 bits per heavy atom. The van der Waals surface area contributed by atoms with Crippen LogP contribution in [0.2, 0.25) is 0 Å². The molecule has 21 heavy (non-hydrogen) atoms. The summed E-state index contributed by atoms with van der Waals surface area (Å²) in [5.74, 6) is 1.51. The summed E-state index contributed by atoms with van der Waals surface area (Å²) in [6, 6.07) is 2.04. The van der Waals surface area contributed by atoms with Gasteiger partial charge in [0.1, 0.15) is 15.6 Å². The summed E-state index contributed by atoms with van der Waals surface area (Å²) >= 11 is 3.05. The van der Waals surface area contributed by atoms with Gasteiger partial charge in [-0.1, -0.05) is 6.92 Å². The summed E-state index contributed by atoms with van der Waals surface area (Å²) in [6.45, 7) is 6.83. The maximum atomic E-state index is 5.64. The van der Waals surface area contributed by atoms with Gasteiger partial charge < -0.3 is 9.73 Å². The molecule has 0 atom stereocenters. The number of oxazole rings is 1. The zero-order chi connectivity index (χ0) is 14.8. The van der Waals surface area contributed by atoms with Gasteiger partial charge in [-0.3, -0.25) is 0 Å². The van der Waals surface area contributed by atoms with Crippen molar-refractivity contribution in [1.29, 1.82) is 0 Å². The predicted molar refractivity (Wildman–Crippen MR) is 86.3 cm³/mol. The molecule has 0 saturated carbocycles. The van der Waals surface area contributed by atoms with Gasteiger partial charge in [0.2, 0.25) is 5.95 Å². The van der Waals surface area contributed by atoms with Crippen LogP contribution in [0, 0.1) is 13.8 Å². The molecule has 7 heteroatoms. The molecule has 1 N–H and O–H groups in total. The van der Waals surface area contributed by atoms with E-state index in [0.29, 0.717) is 11.2 Å². The molecule has 0 aliphatic heterocycles. The van der Waals surface area contributed by atoms with Crippen LogP contribution in [-0.4, -0.2) is 21.5 Å². The molecular weight excluding hydrogens is 304 g/mol. The molecule has 3 aromatic rings. The minimum Gasteiger partial charge on any atom is -0.436 e. The lowest BCUT2D eigenvalue weighted by Gasteiger charge is -2.05. The molecule has 0 saturated heterocycles. The van der Waals surface area contributed by atoms with E-state index in [1.807, 2.05) is 25.3 Å². The van der Waals surface area contributed by atoms with E-state index in [2.05, 4.69) is 27.2 Å². The molecule has 0 aliphatic rings. The van der Waals surface area contributed by atoms with Crippen LogP contribution in [0.5, 0.6) is 0 Å². The number of hydrogen-bond acceptors (Lipinski definition) is 7. The van der Waals surface area contributed by atoms with Crippen LogP contribution in [0.25, 0.3) is 10.2 Å². The fourth-order valence-corrected chi connectivity index (χ4v) is 3.54. The van der Waals surface area contributed by atoms with Crippen LogP contribution in [0.15, 0.2) is 26.1 Å². The normalized spacial score (nSPS) is 11.2. The minimum absolute atomic E-state index is 0.623. The Kier molecular flexibility index (Phi) is 4.12. The van der Waals surface area contributed by atoms with Crippen molar-refractivity contribution >= 4 is 39.3 Å². The van der Waals surface area contributed by atoms with Gasteiger partial charge in [0.05, 0.1) is 5.69 Å². The van der Waals surface area contributed by atoms with Crippen molar-refractivity contribution in [2.24, 2.45) is 0 Å². The number of nitrogens with one attached hydrogen (secondary N) is 1. The second kappa shape index (κ2) is 6.03. The zero-order valence-corrected chi connectivity index (χ0v) is 13.8. The molecule has 3 heterocycles. The zero-order valence-electron chi connectivity index (χ0n) is 12.1. The maximum absolute atomic E-state index is 5.64. The van der Waals surface area contributed by atoms with E-state index < -0.39 is 0 Å². The Bertz CT molecular complexity index is 746. The summed E-state index contributed by atoms with van der Waals surface area (Å²) in [6.07, 6.45) is 1.03. The molecule has 0 spiro atoms. The highest BCUT2D eigenvalue weighted by atomic mass is 32.2. The van der Waals surface area contributed by atoms with E-state index in [4.69, 9.17) is 4.42 Å². The van der Waals surface area contributed by atoms with Crippen molar-refractivity contribution in [1.82, 2.24) is 15.0 Å². The van der Waals surface area contributed by atoms with Crippen LogP contribution < -0.4 is 5.32 Å². The molecule has 0 aliphatic carbocycles. The first-order chi connectivity index (χ1) is 10.2. The van der Waals surface area contributed by atoms with Crippen molar-refractivity contribution in [3.63, 3.8) is 0 Å². The van der Waals surface area contributed by atoms with Gasteiger partial charge in [0.25, 0.3) is 5.22 Å². The lowest BCUT2D eigenvalue weighted by molar-refractivity contribution is 0.431.